The molecule has 0 bridgehead atoms. The highest BCUT2D eigenvalue weighted by atomic mass is 35.5. The third kappa shape index (κ3) is 2.94. The lowest BCUT2D eigenvalue weighted by Gasteiger charge is -2.29. The van der Waals surface area contributed by atoms with Gasteiger partial charge >= 0.3 is 0 Å². The highest BCUT2D eigenvalue weighted by Crippen LogP contribution is 2.36. The van der Waals surface area contributed by atoms with E-state index in [2.05, 4.69) is 0 Å². The lowest BCUT2D eigenvalue weighted by Crippen LogP contribution is -2.28. The van der Waals surface area contributed by atoms with E-state index in [4.69, 9.17) is 10.5 Å². The van der Waals surface area contributed by atoms with Gasteiger partial charge in [-0.2, -0.15) is 0 Å². The van der Waals surface area contributed by atoms with Crippen LogP contribution in [0.15, 0.2) is 12.1 Å². The number of phenolic OH excluding ortho intramolecular Hbond substituents is 1. The zero-order chi connectivity index (χ0) is 12.4. The van der Waals surface area contributed by atoms with Gasteiger partial charge in [-0.3, -0.25) is 0 Å². The summed E-state index contributed by atoms with van der Waals surface area (Å²) < 4.78 is 18.6. The van der Waals surface area contributed by atoms with E-state index in [-0.39, 0.29) is 30.1 Å². The maximum absolute atomic E-state index is 13.4. The molecule has 1 aliphatic rings. The lowest BCUT2D eigenvalue weighted by molar-refractivity contribution is 0.0580. The predicted molar refractivity (Wildman–Crippen MR) is 70.5 cm³/mol. The van der Waals surface area contributed by atoms with E-state index in [1.807, 2.05) is 6.92 Å². The second kappa shape index (κ2) is 6.36. The number of nitrogens with two attached hydrogens (primary N) is 1. The van der Waals surface area contributed by atoms with Gasteiger partial charge in [-0.1, -0.05) is 6.07 Å². The summed E-state index contributed by atoms with van der Waals surface area (Å²) in [5.74, 6) is -0.660. The Labute approximate surface area is 113 Å². The Kier molecular flexibility index (Phi) is 5.38. The van der Waals surface area contributed by atoms with E-state index in [1.165, 1.54) is 6.07 Å². The molecule has 3 nitrogen and oxygen atoms in total. The van der Waals surface area contributed by atoms with E-state index in [9.17, 15) is 9.50 Å². The highest BCUT2D eigenvalue weighted by Gasteiger charge is 2.26. The van der Waals surface area contributed by atoms with Gasteiger partial charge in [-0.05, 0) is 37.3 Å². The van der Waals surface area contributed by atoms with Crippen LogP contribution in [-0.4, -0.2) is 18.3 Å². The van der Waals surface area contributed by atoms with Crippen molar-refractivity contribution in [2.75, 3.05) is 13.2 Å². The quantitative estimate of drug-likeness (QED) is 0.872. The van der Waals surface area contributed by atoms with Crippen LogP contribution in [0.2, 0.25) is 0 Å². The fourth-order valence-electron chi connectivity index (χ4n) is 2.41. The summed E-state index contributed by atoms with van der Waals surface area (Å²) in [5, 5.41) is 9.79. The molecule has 0 aromatic heterocycles. The van der Waals surface area contributed by atoms with Crippen molar-refractivity contribution in [2.24, 2.45) is 11.7 Å². The predicted octanol–water partition coefficient (Wildman–Crippen LogP) is 2.69. The van der Waals surface area contributed by atoms with Gasteiger partial charge in [0.2, 0.25) is 0 Å². The first-order valence-corrected chi connectivity index (χ1v) is 5.92. The summed E-state index contributed by atoms with van der Waals surface area (Å²) in [7, 11) is 0. The van der Waals surface area contributed by atoms with Crippen LogP contribution in [0.3, 0.4) is 0 Å². The highest BCUT2D eigenvalue weighted by molar-refractivity contribution is 5.85. The number of phenols is 1. The third-order valence-electron chi connectivity index (χ3n) is 3.49. The fourth-order valence-corrected chi connectivity index (χ4v) is 2.41. The van der Waals surface area contributed by atoms with Crippen molar-refractivity contribution in [3.05, 3.63) is 29.1 Å². The lowest BCUT2D eigenvalue weighted by atomic mass is 9.85. The van der Waals surface area contributed by atoms with E-state index >= 15 is 0 Å². The summed E-state index contributed by atoms with van der Waals surface area (Å²) in [6.07, 6.45) is 1.72. The van der Waals surface area contributed by atoms with Crippen molar-refractivity contribution in [2.45, 2.75) is 25.8 Å². The topological polar surface area (TPSA) is 55.5 Å². The average molecular weight is 276 g/mol. The molecular formula is C13H19ClFNO2. The van der Waals surface area contributed by atoms with Crippen LogP contribution in [0.4, 0.5) is 4.39 Å². The Morgan fingerprint density at radius 2 is 2.00 bits per heavy atom. The maximum Gasteiger partial charge on any atom is 0.165 e. The molecule has 3 N–H and O–H groups in total. The van der Waals surface area contributed by atoms with Crippen LogP contribution in [0.1, 0.15) is 30.0 Å². The van der Waals surface area contributed by atoms with Crippen LogP contribution in [0.5, 0.6) is 5.75 Å². The van der Waals surface area contributed by atoms with Gasteiger partial charge in [0.1, 0.15) is 0 Å². The average Bonchev–Trinajstić information content (AvgIpc) is 2.35. The fraction of sp³-hybridized carbons (Fsp3) is 0.538. The van der Waals surface area contributed by atoms with Crippen molar-refractivity contribution in [3.63, 3.8) is 0 Å². The van der Waals surface area contributed by atoms with Crippen molar-refractivity contribution < 1.29 is 14.2 Å². The van der Waals surface area contributed by atoms with E-state index in [0.29, 0.717) is 18.8 Å². The zero-order valence-electron chi connectivity index (χ0n) is 10.4. The molecule has 2 rings (SSSR count). The number of ether oxygens (including phenoxy) is 1. The number of hydrogen-bond donors (Lipinski definition) is 2. The second-order valence-corrected chi connectivity index (χ2v) is 4.60. The molecule has 0 radical (unpaired) electrons. The second-order valence-electron chi connectivity index (χ2n) is 4.60. The molecule has 0 amide bonds. The van der Waals surface area contributed by atoms with Crippen LogP contribution in [-0.2, 0) is 4.74 Å². The Hall–Kier alpha value is -0.840. The molecule has 0 spiro atoms. The maximum atomic E-state index is 13.4. The minimum absolute atomic E-state index is 0. The molecule has 5 heteroatoms. The molecule has 18 heavy (non-hydrogen) atoms. The molecule has 1 aliphatic heterocycles. The van der Waals surface area contributed by atoms with Gasteiger partial charge in [-0.15, -0.1) is 12.4 Å². The van der Waals surface area contributed by atoms with Crippen LogP contribution in [0.25, 0.3) is 0 Å². The first kappa shape index (κ1) is 15.2. The molecule has 0 unspecified atom stereocenters. The molecule has 1 heterocycles. The monoisotopic (exact) mass is 275 g/mol. The van der Waals surface area contributed by atoms with Gasteiger partial charge < -0.3 is 15.6 Å². The summed E-state index contributed by atoms with van der Waals surface area (Å²) in [4.78, 5) is 0. The summed E-state index contributed by atoms with van der Waals surface area (Å²) in [6, 6.07) is 2.60. The number of aryl methyl sites for hydroxylation is 1. The van der Waals surface area contributed by atoms with Gasteiger partial charge in [-0.25, -0.2) is 4.39 Å². The first-order valence-electron chi connectivity index (χ1n) is 5.92. The summed E-state index contributed by atoms with van der Waals surface area (Å²) in [5.41, 5.74) is 7.53. The first-order chi connectivity index (χ1) is 8.11. The largest absolute Gasteiger partial charge is 0.505 e. The van der Waals surface area contributed by atoms with Gasteiger partial charge in [0, 0.05) is 24.8 Å². The molecule has 1 saturated heterocycles. The minimum atomic E-state index is -0.604. The Morgan fingerprint density at radius 1 is 1.39 bits per heavy atom. The molecule has 1 aromatic carbocycles. The van der Waals surface area contributed by atoms with Crippen molar-refractivity contribution in [3.8, 4) is 5.75 Å². The zero-order valence-corrected chi connectivity index (χ0v) is 11.2. The van der Waals surface area contributed by atoms with Gasteiger partial charge in [0.05, 0.1) is 0 Å². The molecule has 1 fully saturated rings. The Morgan fingerprint density at radius 3 is 2.61 bits per heavy atom. The smallest absolute Gasteiger partial charge is 0.165 e. The number of aromatic hydroxyl groups is 1. The van der Waals surface area contributed by atoms with E-state index < -0.39 is 5.82 Å². The molecule has 102 valence electrons. The molecule has 0 aliphatic carbocycles. The molecule has 1 aromatic rings. The van der Waals surface area contributed by atoms with E-state index in [1.54, 1.807) is 6.07 Å². The minimum Gasteiger partial charge on any atom is -0.505 e. The Bertz CT molecular complexity index is 408. The van der Waals surface area contributed by atoms with Crippen molar-refractivity contribution >= 4 is 12.4 Å². The molecule has 0 saturated carbocycles. The van der Waals surface area contributed by atoms with Crippen LogP contribution >= 0.6 is 12.4 Å². The molecular weight excluding hydrogens is 257 g/mol. The summed E-state index contributed by atoms with van der Waals surface area (Å²) >= 11 is 0. The van der Waals surface area contributed by atoms with Crippen LogP contribution in [0, 0.1) is 18.7 Å². The number of rotatable bonds is 2. The van der Waals surface area contributed by atoms with Crippen molar-refractivity contribution in [1.29, 1.82) is 0 Å². The number of halogens is 2. The molecule has 1 atom stereocenters. The van der Waals surface area contributed by atoms with Gasteiger partial charge in [0.25, 0.3) is 0 Å². The third-order valence-corrected chi connectivity index (χ3v) is 3.49. The SMILES string of the molecule is Cc1ccc(F)c(O)c1[C@@H](N)C1CCOCC1.Cl. The van der Waals surface area contributed by atoms with Crippen LogP contribution < -0.4 is 5.73 Å². The van der Waals surface area contributed by atoms with Crippen molar-refractivity contribution in [1.82, 2.24) is 0 Å². The normalized spacial score (nSPS) is 18.2. The number of hydrogen-bond acceptors (Lipinski definition) is 3. The van der Waals surface area contributed by atoms with E-state index in [0.717, 1.165) is 18.4 Å². The number of benzene rings is 1. The summed E-state index contributed by atoms with van der Waals surface area (Å²) in [6.45, 7) is 3.22. The standard InChI is InChI=1S/C13H18FNO2.ClH/c1-8-2-3-10(14)13(16)11(8)12(15)9-4-6-17-7-5-9;/h2-3,9,12,16H,4-7,15H2,1H3;1H/t12-;/m0./s1. The Balaban J connectivity index is 0.00000162. The van der Waals surface area contributed by atoms with Gasteiger partial charge in [0.15, 0.2) is 11.6 Å².